The second kappa shape index (κ2) is 6.70. The number of carbonyl (C=O) groups excluding carboxylic acids is 1. The molecule has 2 aromatic rings. The van der Waals surface area contributed by atoms with E-state index in [1.54, 1.807) is 6.20 Å². The SMILES string of the molecule is C[C@@H](NC(=O)c1ccc(S(=O)(=O)NC2CC2)cc1)c1ccccn1. The van der Waals surface area contributed by atoms with Crippen molar-refractivity contribution in [2.45, 2.75) is 36.7 Å². The van der Waals surface area contributed by atoms with E-state index in [1.165, 1.54) is 24.3 Å². The van der Waals surface area contributed by atoms with E-state index in [9.17, 15) is 13.2 Å². The van der Waals surface area contributed by atoms with E-state index in [2.05, 4.69) is 15.0 Å². The molecule has 1 aliphatic rings. The molecule has 1 aromatic heterocycles. The van der Waals surface area contributed by atoms with Crippen LogP contribution in [-0.4, -0.2) is 25.4 Å². The van der Waals surface area contributed by atoms with E-state index < -0.39 is 10.0 Å². The third kappa shape index (κ3) is 3.98. The molecule has 1 fully saturated rings. The van der Waals surface area contributed by atoms with Crippen LogP contribution >= 0.6 is 0 Å². The maximum atomic E-state index is 12.3. The summed E-state index contributed by atoms with van der Waals surface area (Å²) in [6.45, 7) is 1.85. The van der Waals surface area contributed by atoms with E-state index in [0.29, 0.717) is 5.56 Å². The number of pyridine rings is 1. The molecular weight excluding hydrogens is 326 g/mol. The van der Waals surface area contributed by atoms with Gasteiger partial charge in [-0.25, -0.2) is 13.1 Å². The molecule has 1 amide bonds. The van der Waals surface area contributed by atoms with Crippen molar-refractivity contribution in [2.24, 2.45) is 0 Å². The number of hydrogen-bond donors (Lipinski definition) is 2. The van der Waals surface area contributed by atoms with Gasteiger partial charge in [0.2, 0.25) is 10.0 Å². The maximum Gasteiger partial charge on any atom is 0.251 e. The largest absolute Gasteiger partial charge is 0.344 e. The zero-order chi connectivity index (χ0) is 17.2. The topological polar surface area (TPSA) is 88.2 Å². The van der Waals surface area contributed by atoms with Crippen LogP contribution < -0.4 is 10.0 Å². The maximum absolute atomic E-state index is 12.3. The van der Waals surface area contributed by atoms with Crippen LogP contribution in [0.5, 0.6) is 0 Å². The highest BCUT2D eigenvalue weighted by molar-refractivity contribution is 7.89. The van der Waals surface area contributed by atoms with Gasteiger partial charge >= 0.3 is 0 Å². The number of nitrogens with zero attached hydrogens (tertiary/aromatic N) is 1. The van der Waals surface area contributed by atoms with Gasteiger partial charge in [0.1, 0.15) is 0 Å². The lowest BCUT2D eigenvalue weighted by atomic mass is 10.1. The molecule has 0 radical (unpaired) electrons. The Balaban J connectivity index is 1.67. The molecule has 1 atom stereocenters. The predicted octanol–water partition coefficient (Wildman–Crippen LogP) is 2.01. The van der Waals surface area contributed by atoms with Crippen molar-refractivity contribution in [1.29, 1.82) is 0 Å². The minimum absolute atomic E-state index is 0.0530. The van der Waals surface area contributed by atoms with Crippen molar-refractivity contribution in [2.75, 3.05) is 0 Å². The molecule has 6 nitrogen and oxygen atoms in total. The number of sulfonamides is 1. The third-order valence-electron chi connectivity index (χ3n) is 3.80. The highest BCUT2D eigenvalue weighted by atomic mass is 32.2. The Bertz CT molecular complexity index is 816. The summed E-state index contributed by atoms with van der Waals surface area (Å²) in [6, 6.07) is 11.3. The molecular formula is C17H19N3O3S. The summed E-state index contributed by atoms with van der Waals surface area (Å²) < 4.78 is 26.8. The quantitative estimate of drug-likeness (QED) is 0.838. The van der Waals surface area contributed by atoms with E-state index in [0.717, 1.165) is 18.5 Å². The van der Waals surface area contributed by atoms with Gasteiger partial charge in [-0.15, -0.1) is 0 Å². The van der Waals surface area contributed by atoms with Crippen molar-refractivity contribution in [1.82, 2.24) is 15.0 Å². The van der Waals surface area contributed by atoms with Crippen LogP contribution in [0.3, 0.4) is 0 Å². The molecule has 126 valence electrons. The summed E-state index contributed by atoms with van der Waals surface area (Å²) in [5.41, 5.74) is 1.17. The summed E-state index contributed by atoms with van der Waals surface area (Å²) in [7, 11) is -3.50. The van der Waals surface area contributed by atoms with Crippen molar-refractivity contribution in [3.8, 4) is 0 Å². The number of aromatic nitrogens is 1. The second-order valence-electron chi connectivity index (χ2n) is 5.87. The Hall–Kier alpha value is -2.25. The number of hydrogen-bond acceptors (Lipinski definition) is 4. The predicted molar refractivity (Wildman–Crippen MR) is 89.9 cm³/mol. The van der Waals surface area contributed by atoms with Gasteiger partial charge in [-0.3, -0.25) is 9.78 Å². The smallest absolute Gasteiger partial charge is 0.251 e. The van der Waals surface area contributed by atoms with E-state index in [1.807, 2.05) is 25.1 Å². The van der Waals surface area contributed by atoms with Crippen LogP contribution in [0.1, 0.15) is 41.9 Å². The first kappa shape index (κ1) is 16.6. The fourth-order valence-corrected chi connectivity index (χ4v) is 3.57. The lowest BCUT2D eigenvalue weighted by Crippen LogP contribution is -2.28. The van der Waals surface area contributed by atoms with Gasteiger partial charge in [-0.2, -0.15) is 0 Å². The fourth-order valence-electron chi connectivity index (χ4n) is 2.26. The minimum Gasteiger partial charge on any atom is -0.344 e. The van der Waals surface area contributed by atoms with E-state index in [4.69, 9.17) is 0 Å². The standard InChI is InChI=1S/C17H19N3O3S/c1-12(16-4-2-3-11-18-16)19-17(21)13-5-9-15(10-6-13)24(22,23)20-14-7-8-14/h2-6,9-12,14,20H,7-8H2,1H3,(H,19,21)/t12-/m1/s1. The molecule has 1 heterocycles. The minimum atomic E-state index is -3.50. The Kier molecular flexibility index (Phi) is 4.64. The van der Waals surface area contributed by atoms with Crippen molar-refractivity contribution in [3.63, 3.8) is 0 Å². The van der Waals surface area contributed by atoms with Crippen molar-refractivity contribution < 1.29 is 13.2 Å². The average molecular weight is 345 g/mol. The number of carbonyl (C=O) groups is 1. The van der Waals surface area contributed by atoms with Gasteiger partial charge in [0.05, 0.1) is 16.6 Å². The Morgan fingerprint density at radius 2 is 1.88 bits per heavy atom. The highest BCUT2D eigenvalue weighted by Crippen LogP contribution is 2.22. The molecule has 0 saturated heterocycles. The lowest BCUT2D eigenvalue weighted by molar-refractivity contribution is 0.0939. The Morgan fingerprint density at radius 3 is 2.46 bits per heavy atom. The lowest BCUT2D eigenvalue weighted by Gasteiger charge is -2.13. The number of nitrogens with one attached hydrogen (secondary N) is 2. The van der Waals surface area contributed by atoms with Crippen molar-refractivity contribution in [3.05, 3.63) is 59.9 Å². The summed E-state index contributed by atoms with van der Waals surface area (Å²) >= 11 is 0. The monoisotopic (exact) mass is 345 g/mol. The Labute approximate surface area is 141 Å². The van der Waals surface area contributed by atoms with Gasteiger partial charge in [0, 0.05) is 17.8 Å². The fraction of sp³-hybridized carbons (Fsp3) is 0.294. The summed E-state index contributed by atoms with van der Waals surface area (Å²) in [5.74, 6) is -0.271. The molecule has 0 unspecified atom stereocenters. The molecule has 0 aliphatic heterocycles. The van der Waals surface area contributed by atoms with Crippen LogP contribution in [0.25, 0.3) is 0 Å². The van der Waals surface area contributed by atoms with E-state index >= 15 is 0 Å². The first-order chi connectivity index (χ1) is 11.5. The van der Waals surface area contributed by atoms with E-state index in [-0.39, 0.29) is 22.9 Å². The van der Waals surface area contributed by atoms with Crippen LogP contribution in [0, 0.1) is 0 Å². The van der Waals surface area contributed by atoms with Crippen LogP contribution in [-0.2, 0) is 10.0 Å². The summed E-state index contributed by atoms with van der Waals surface area (Å²) in [5, 5.41) is 2.85. The molecule has 2 N–H and O–H groups in total. The first-order valence-corrected chi connectivity index (χ1v) is 9.28. The van der Waals surface area contributed by atoms with Crippen LogP contribution in [0.15, 0.2) is 53.6 Å². The molecule has 24 heavy (non-hydrogen) atoms. The zero-order valence-electron chi connectivity index (χ0n) is 13.3. The third-order valence-corrected chi connectivity index (χ3v) is 5.34. The summed E-state index contributed by atoms with van der Waals surface area (Å²) in [4.78, 5) is 16.6. The van der Waals surface area contributed by atoms with Gasteiger partial charge in [0.25, 0.3) is 5.91 Å². The molecule has 1 aliphatic carbocycles. The molecule has 0 spiro atoms. The van der Waals surface area contributed by atoms with Gasteiger partial charge in [-0.1, -0.05) is 6.07 Å². The molecule has 1 saturated carbocycles. The second-order valence-corrected chi connectivity index (χ2v) is 7.58. The van der Waals surface area contributed by atoms with Crippen LogP contribution in [0.2, 0.25) is 0 Å². The van der Waals surface area contributed by atoms with Gasteiger partial charge in [0.15, 0.2) is 0 Å². The van der Waals surface area contributed by atoms with Crippen LogP contribution in [0.4, 0.5) is 0 Å². The normalized spacial score (nSPS) is 15.7. The zero-order valence-corrected chi connectivity index (χ0v) is 14.1. The summed E-state index contributed by atoms with van der Waals surface area (Å²) in [6.07, 6.45) is 3.43. The van der Waals surface area contributed by atoms with Crippen molar-refractivity contribution >= 4 is 15.9 Å². The first-order valence-electron chi connectivity index (χ1n) is 7.80. The molecule has 0 bridgehead atoms. The molecule has 3 rings (SSSR count). The molecule has 7 heteroatoms. The van der Waals surface area contributed by atoms with Gasteiger partial charge in [-0.05, 0) is 56.2 Å². The number of rotatable bonds is 6. The van der Waals surface area contributed by atoms with Gasteiger partial charge < -0.3 is 5.32 Å². The average Bonchev–Trinajstić information content (AvgIpc) is 3.39. The Morgan fingerprint density at radius 1 is 1.17 bits per heavy atom. The number of amides is 1. The number of benzene rings is 1. The molecule has 1 aromatic carbocycles. The highest BCUT2D eigenvalue weighted by Gasteiger charge is 2.28.